The van der Waals surface area contributed by atoms with Crippen molar-refractivity contribution in [1.82, 2.24) is 20.2 Å². The Morgan fingerprint density at radius 2 is 2.21 bits per heavy atom. The molecule has 130 valence electrons. The highest BCUT2D eigenvalue weighted by atomic mass is 16.5. The summed E-state index contributed by atoms with van der Waals surface area (Å²) in [5, 5.41) is 11.0. The summed E-state index contributed by atoms with van der Waals surface area (Å²) in [5.74, 6) is 2.31. The van der Waals surface area contributed by atoms with Crippen LogP contribution in [0.4, 0.5) is 17.7 Å². The van der Waals surface area contributed by atoms with Crippen molar-refractivity contribution in [3.8, 4) is 0 Å². The van der Waals surface area contributed by atoms with E-state index in [9.17, 15) is 0 Å². The third kappa shape index (κ3) is 3.56. The van der Waals surface area contributed by atoms with Gasteiger partial charge in [0.05, 0.1) is 12.1 Å². The van der Waals surface area contributed by atoms with Crippen LogP contribution in [-0.4, -0.2) is 66.6 Å². The molecule has 2 aromatic heterocycles. The lowest BCUT2D eigenvalue weighted by Crippen LogP contribution is -2.36. The van der Waals surface area contributed by atoms with Crippen molar-refractivity contribution in [3.05, 3.63) is 18.3 Å². The minimum absolute atomic E-state index is 0.166. The smallest absolute Gasteiger partial charge is 0.315 e. The number of hydrogen-bond acceptors (Lipinski definition) is 9. The van der Waals surface area contributed by atoms with Crippen LogP contribution in [0.1, 0.15) is 12.3 Å². The SMILES string of the molecule is CO[C@@H]1C[C@H](CNc2nnc(C)o2)N(c2cc(N(C)C)ncn2)C1. The van der Waals surface area contributed by atoms with E-state index in [0.29, 0.717) is 18.5 Å². The largest absolute Gasteiger partial charge is 0.408 e. The first-order valence-electron chi connectivity index (χ1n) is 7.89. The molecule has 0 unspecified atom stereocenters. The molecule has 9 heteroatoms. The summed E-state index contributed by atoms with van der Waals surface area (Å²) in [6.07, 6.45) is 2.66. The highest BCUT2D eigenvalue weighted by molar-refractivity contribution is 5.51. The number of hydrogen-bond donors (Lipinski definition) is 1. The van der Waals surface area contributed by atoms with Crippen LogP contribution >= 0.6 is 0 Å². The van der Waals surface area contributed by atoms with E-state index in [1.54, 1.807) is 20.4 Å². The van der Waals surface area contributed by atoms with Gasteiger partial charge < -0.3 is 24.3 Å². The molecule has 0 amide bonds. The second-order valence-electron chi connectivity index (χ2n) is 6.04. The van der Waals surface area contributed by atoms with E-state index in [2.05, 4.69) is 30.4 Å². The van der Waals surface area contributed by atoms with Crippen LogP contribution in [-0.2, 0) is 4.74 Å². The molecule has 24 heavy (non-hydrogen) atoms. The summed E-state index contributed by atoms with van der Waals surface area (Å²) in [6.45, 7) is 3.23. The lowest BCUT2D eigenvalue weighted by atomic mass is 10.2. The van der Waals surface area contributed by atoms with Gasteiger partial charge in [-0.1, -0.05) is 5.10 Å². The third-order valence-corrected chi connectivity index (χ3v) is 4.12. The van der Waals surface area contributed by atoms with Gasteiger partial charge in [0, 0.05) is 47.3 Å². The number of aromatic nitrogens is 4. The van der Waals surface area contributed by atoms with Crippen LogP contribution in [0.25, 0.3) is 0 Å². The molecule has 0 spiro atoms. The molecule has 1 N–H and O–H groups in total. The number of nitrogens with one attached hydrogen (secondary N) is 1. The fourth-order valence-corrected chi connectivity index (χ4v) is 2.83. The summed E-state index contributed by atoms with van der Waals surface area (Å²) in [5.41, 5.74) is 0. The molecular formula is C15H23N7O2. The molecule has 1 fully saturated rings. The molecule has 2 atom stereocenters. The van der Waals surface area contributed by atoms with E-state index < -0.39 is 0 Å². The first-order valence-corrected chi connectivity index (χ1v) is 7.89. The summed E-state index contributed by atoms with van der Waals surface area (Å²) in [7, 11) is 5.67. The van der Waals surface area contributed by atoms with Crippen molar-refractivity contribution in [2.45, 2.75) is 25.5 Å². The Labute approximate surface area is 141 Å². The third-order valence-electron chi connectivity index (χ3n) is 4.12. The van der Waals surface area contributed by atoms with Crippen molar-refractivity contribution in [2.75, 3.05) is 49.4 Å². The molecule has 9 nitrogen and oxygen atoms in total. The van der Waals surface area contributed by atoms with Gasteiger partial charge >= 0.3 is 6.01 Å². The zero-order valence-corrected chi connectivity index (χ0v) is 14.4. The summed E-state index contributed by atoms with van der Waals surface area (Å²) >= 11 is 0. The average molecular weight is 333 g/mol. The Balaban J connectivity index is 1.74. The van der Waals surface area contributed by atoms with Crippen molar-refractivity contribution in [2.24, 2.45) is 0 Å². The maximum absolute atomic E-state index is 5.55. The van der Waals surface area contributed by atoms with Gasteiger partial charge in [0.15, 0.2) is 0 Å². The zero-order valence-electron chi connectivity index (χ0n) is 14.4. The van der Waals surface area contributed by atoms with Crippen molar-refractivity contribution < 1.29 is 9.15 Å². The van der Waals surface area contributed by atoms with E-state index >= 15 is 0 Å². The zero-order chi connectivity index (χ0) is 17.1. The number of anilines is 3. The molecule has 0 bridgehead atoms. The number of ether oxygens (including phenoxy) is 1. The van der Waals surface area contributed by atoms with Crippen molar-refractivity contribution >= 4 is 17.7 Å². The Bertz CT molecular complexity index is 675. The van der Waals surface area contributed by atoms with Crippen LogP contribution in [0.5, 0.6) is 0 Å². The molecule has 1 saturated heterocycles. The first-order chi connectivity index (χ1) is 11.6. The van der Waals surface area contributed by atoms with Gasteiger partial charge in [-0.2, -0.15) is 0 Å². The standard InChI is InChI=1S/C15H23N7O2/c1-10-19-20-15(24-10)16-7-11-5-12(23-4)8-22(11)14-6-13(21(2)3)17-9-18-14/h6,9,11-12H,5,7-8H2,1-4H3,(H,16,20)/t11-,12-/m1/s1. The van der Waals surface area contributed by atoms with E-state index in [0.717, 1.165) is 24.6 Å². The maximum Gasteiger partial charge on any atom is 0.315 e. The van der Waals surface area contributed by atoms with Gasteiger partial charge in [-0.3, -0.25) is 0 Å². The maximum atomic E-state index is 5.55. The summed E-state index contributed by atoms with van der Waals surface area (Å²) < 4.78 is 10.9. The van der Waals surface area contributed by atoms with E-state index in [1.165, 1.54) is 0 Å². The molecule has 3 heterocycles. The predicted octanol–water partition coefficient (Wildman–Crippen LogP) is 0.940. The second kappa shape index (κ2) is 7.00. The highest BCUT2D eigenvalue weighted by Gasteiger charge is 2.33. The van der Waals surface area contributed by atoms with E-state index in [4.69, 9.17) is 9.15 Å². The monoisotopic (exact) mass is 333 g/mol. The molecular weight excluding hydrogens is 310 g/mol. The van der Waals surface area contributed by atoms with Crippen LogP contribution in [0, 0.1) is 6.92 Å². The quantitative estimate of drug-likeness (QED) is 0.829. The van der Waals surface area contributed by atoms with E-state index in [-0.39, 0.29) is 12.1 Å². The Kier molecular flexibility index (Phi) is 4.79. The number of nitrogens with zero attached hydrogens (tertiary/aromatic N) is 6. The molecule has 0 saturated carbocycles. The van der Waals surface area contributed by atoms with Crippen molar-refractivity contribution in [1.29, 1.82) is 0 Å². The molecule has 1 aliphatic rings. The molecule has 2 aromatic rings. The fraction of sp³-hybridized carbons (Fsp3) is 0.600. The molecule has 0 aromatic carbocycles. The number of methoxy groups -OCH3 is 1. The summed E-state index contributed by atoms with van der Waals surface area (Å²) in [6, 6.07) is 2.64. The van der Waals surface area contributed by atoms with Crippen LogP contribution in [0.15, 0.2) is 16.8 Å². The Morgan fingerprint density at radius 1 is 1.38 bits per heavy atom. The van der Waals surface area contributed by atoms with Crippen LogP contribution in [0.2, 0.25) is 0 Å². The number of aryl methyl sites for hydroxylation is 1. The molecule has 3 rings (SSSR count). The normalized spacial score (nSPS) is 20.4. The topological polar surface area (TPSA) is 92.4 Å². The minimum atomic E-state index is 0.166. The average Bonchev–Trinajstić information content (AvgIpc) is 3.19. The van der Waals surface area contributed by atoms with Gasteiger partial charge in [0.25, 0.3) is 0 Å². The summed E-state index contributed by atoms with van der Waals surface area (Å²) in [4.78, 5) is 12.9. The van der Waals surface area contributed by atoms with Gasteiger partial charge in [-0.25, -0.2) is 9.97 Å². The van der Waals surface area contributed by atoms with Crippen LogP contribution < -0.4 is 15.1 Å². The van der Waals surface area contributed by atoms with Gasteiger partial charge in [-0.05, 0) is 6.42 Å². The Hall–Kier alpha value is -2.42. The van der Waals surface area contributed by atoms with Gasteiger partial charge in [0.1, 0.15) is 18.0 Å². The van der Waals surface area contributed by atoms with Gasteiger partial charge in [0.2, 0.25) is 5.89 Å². The second-order valence-corrected chi connectivity index (χ2v) is 6.04. The fourth-order valence-electron chi connectivity index (χ4n) is 2.83. The lowest BCUT2D eigenvalue weighted by molar-refractivity contribution is 0.118. The molecule has 0 aliphatic carbocycles. The molecule has 0 radical (unpaired) electrons. The Morgan fingerprint density at radius 3 is 2.88 bits per heavy atom. The van der Waals surface area contributed by atoms with E-state index in [1.807, 2.05) is 25.1 Å². The highest BCUT2D eigenvalue weighted by Crippen LogP contribution is 2.27. The lowest BCUT2D eigenvalue weighted by Gasteiger charge is -2.26. The first kappa shape index (κ1) is 16.4. The van der Waals surface area contributed by atoms with Crippen LogP contribution in [0.3, 0.4) is 0 Å². The predicted molar refractivity (Wildman–Crippen MR) is 90.4 cm³/mol. The minimum Gasteiger partial charge on any atom is -0.408 e. The number of rotatable bonds is 6. The van der Waals surface area contributed by atoms with Gasteiger partial charge in [-0.15, -0.1) is 5.10 Å². The van der Waals surface area contributed by atoms with Crippen molar-refractivity contribution in [3.63, 3.8) is 0 Å². The molecule has 1 aliphatic heterocycles.